The van der Waals surface area contributed by atoms with Crippen LogP contribution in [0.5, 0.6) is 0 Å². The van der Waals surface area contributed by atoms with Crippen molar-refractivity contribution in [3.63, 3.8) is 0 Å². The SMILES string of the molecule is CN1CC2CC1CN2C(=O)C1(C2CCCCC2)CCN(C(=O)C(Cc2ccc(Cl)cc2)NC(=O)C2CCc3ccccc3C2N)CC1. The fourth-order valence-electron chi connectivity index (χ4n) is 9.62. The number of halogens is 1. The topological polar surface area (TPSA) is 99.0 Å². The average molecular weight is 660 g/mol. The molecule has 0 aromatic heterocycles. The second-order valence-corrected chi connectivity index (χ2v) is 15.5. The number of fused-ring (bicyclic) bond motifs is 3. The van der Waals surface area contributed by atoms with Crippen LogP contribution in [0.25, 0.3) is 0 Å². The van der Waals surface area contributed by atoms with Crippen LogP contribution in [0.4, 0.5) is 0 Å². The van der Waals surface area contributed by atoms with Gasteiger partial charge in [0, 0.05) is 55.7 Å². The molecular formula is C38H50ClN5O3. The monoisotopic (exact) mass is 659 g/mol. The molecule has 3 N–H and O–H groups in total. The lowest BCUT2D eigenvalue weighted by molar-refractivity contribution is -0.156. The van der Waals surface area contributed by atoms with Crippen LogP contribution >= 0.6 is 11.6 Å². The fraction of sp³-hybridized carbons (Fsp3) is 0.605. The third-order valence-electron chi connectivity index (χ3n) is 12.4. The van der Waals surface area contributed by atoms with Crippen molar-refractivity contribution >= 4 is 29.3 Å². The van der Waals surface area contributed by atoms with Crippen LogP contribution in [0.1, 0.15) is 80.5 Å². The standard InChI is InChI=1S/C38H50ClN5O3/c1-42-23-30-22-29(42)24-44(30)37(47)38(27-8-3-2-4-9-27)17-19-43(20-18-38)36(46)33(21-25-11-14-28(39)15-12-25)41-35(45)32-16-13-26-7-5-6-10-31(26)34(32)40/h5-7,10-12,14-15,27,29-30,32-34H,2-4,8-9,13,16-24,40H2,1H3,(H,41,45). The Hall–Kier alpha value is -2.94. The molecule has 7 rings (SSSR count). The summed E-state index contributed by atoms with van der Waals surface area (Å²) in [6.07, 6.45) is 10.1. The number of piperazine rings is 1. The summed E-state index contributed by atoms with van der Waals surface area (Å²) in [5, 5.41) is 3.79. The molecule has 5 unspecified atom stereocenters. The lowest BCUT2D eigenvalue weighted by Crippen LogP contribution is -2.60. The molecule has 5 atom stereocenters. The van der Waals surface area contributed by atoms with Gasteiger partial charge in [0.15, 0.2) is 0 Å². The third kappa shape index (κ3) is 6.33. The van der Waals surface area contributed by atoms with Crippen molar-refractivity contribution in [2.24, 2.45) is 23.0 Å². The van der Waals surface area contributed by atoms with E-state index in [0.717, 1.165) is 49.9 Å². The number of hydrogen-bond acceptors (Lipinski definition) is 5. The minimum Gasteiger partial charge on any atom is -0.344 e. The van der Waals surface area contributed by atoms with E-state index in [1.807, 2.05) is 47.4 Å². The number of likely N-dealkylation sites (tertiary alicyclic amines) is 3. The first kappa shape index (κ1) is 32.6. The molecule has 1 saturated carbocycles. The smallest absolute Gasteiger partial charge is 0.245 e. The van der Waals surface area contributed by atoms with E-state index in [9.17, 15) is 14.4 Å². The molecule has 0 spiro atoms. The molecule has 2 bridgehead atoms. The number of benzene rings is 2. The number of piperidine rings is 1. The summed E-state index contributed by atoms with van der Waals surface area (Å²) in [4.78, 5) is 49.3. The van der Waals surface area contributed by atoms with Gasteiger partial charge in [-0.15, -0.1) is 0 Å². The molecule has 4 fully saturated rings. The maximum atomic E-state index is 14.6. The van der Waals surface area contributed by atoms with Crippen LogP contribution in [0.3, 0.4) is 0 Å². The summed E-state index contributed by atoms with van der Waals surface area (Å²) >= 11 is 6.17. The van der Waals surface area contributed by atoms with Crippen molar-refractivity contribution in [3.05, 3.63) is 70.2 Å². The van der Waals surface area contributed by atoms with Gasteiger partial charge in [-0.25, -0.2) is 0 Å². The van der Waals surface area contributed by atoms with Crippen molar-refractivity contribution in [2.75, 3.05) is 33.2 Å². The third-order valence-corrected chi connectivity index (χ3v) is 12.7. The molecule has 9 heteroatoms. The Morgan fingerprint density at radius 2 is 1.68 bits per heavy atom. The summed E-state index contributed by atoms with van der Waals surface area (Å²) < 4.78 is 0. The lowest BCUT2D eigenvalue weighted by atomic mass is 9.62. The van der Waals surface area contributed by atoms with E-state index >= 15 is 0 Å². The predicted molar refractivity (Wildman–Crippen MR) is 184 cm³/mol. The highest BCUT2D eigenvalue weighted by Crippen LogP contribution is 2.49. The number of carbonyl (C=O) groups excluding carboxylic acids is 3. The highest BCUT2D eigenvalue weighted by molar-refractivity contribution is 6.30. The molecule has 8 nitrogen and oxygen atoms in total. The molecule has 47 heavy (non-hydrogen) atoms. The first-order valence-corrected chi connectivity index (χ1v) is 18.3. The molecule has 5 aliphatic rings. The second kappa shape index (κ2) is 13.5. The van der Waals surface area contributed by atoms with Crippen molar-refractivity contribution in [1.82, 2.24) is 20.0 Å². The van der Waals surface area contributed by atoms with E-state index in [2.05, 4.69) is 28.2 Å². The highest BCUT2D eigenvalue weighted by Gasteiger charge is 2.54. The first-order chi connectivity index (χ1) is 22.7. The minimum absolute atomic E-state index is 0.0790. The lowest BCUT2D eigenvalue weighted by Gasteiger charge is -2.50. The number of likely N-dealkylation sites (N-methyl/N-ethyl adjacent to an activating group) is 1. The zero-order valence-corrected chi connectivity index (χ0v) is 28.5. The molecule has 3 amide bonds. The molecule has 0 radical (unpaired) electrons. The van der Waals surface area contributed by atoms with Gasteiger partial charge in [0.1, 0.15) is 6.04 Å². The van der Waals surface area contributed by atoms with Crippen molar-refractivity contribution in [3.8, 4) is 0 Å². The zero-order chi connectivity index (χ0) is 32.7. The molecule has 252 valence electrons. The van der Waals surface area contributed by atoms with Crippen LogP contribution in [0, 0.1) is 17.3 Å². The molecule has 3 saturated heterocycles. The Bertz CT molecular complexity index is 1470. The highest BCUT2D eigenvalue weighted by atomic mass is 35.5. The van der Waals surface area contributed by atoms with Crippen molar-refractivity contribution < 1.29 is 14.4 Å². The van der Waals surface area contributed by atoms with Gasteiger partial charge >= 0.3 is 0 Å². The Morgan fingerprint density at radius 1 is 0.957 bits per heavy atom. The van der Waals surface area contributed by atoms with Gasteiger partial charge in [-0.3, -0.25) is 19.3 Å². The molecule has 2 aliphatic carbocycles. The number of amides is 3. The first-order valence-electron chi connectivity index (χ1n) is 17.9. The van der Waals surface area contributed by atoms with Crippen LogP contribution < -0.4 is 11.1 Å². The number of nitrogens with zero attached hydrogens (tertiary/aromatic N) is 3. The van der Waals surface area contributed by atoms with Gasteiger partial charge in [0.05, 0.1) is 11.3 Å². The maximum Gasteiger partial charge on any atom is 0.245 e. The largest absolute Gasteiger partial charge is 0.344 e. The van der Waals surface area contributed by atoms with E-state index in [-0.39, 0.29) is 11.8 Å². The molecular weight excluding hydrogens is 610 g/mol. The number of aryl methyl sites for hydroxylation is 1. The van der Waals surface area contributed by atoms with Gasteiger partial charge in [-0.1, -0.05) is 67.3 Å². The van der Waals surface area contributed by atoms with Crippen LogP contribution in [-0.4, -0.2) is 83.8 Å². The van der Waals surface area contributed by atoms with Gasteiger partial charge in [-0.2, -0.15) is 0 Å². The van der Waals surface area contributed by atoms with Gasteiger partial charge in [0.25, 0.3) is 0 Å². The number of rotatable bonds is 7. The Balaban J connectivity index is 1.09. The van der Waals surface area contributed by atoms with E-state index in [0.29, 0.717) is 67.7 Å². The zero-order valence-electron chi connectivity index (χ0n) is 27.7. The predicted octanol–water partition coefficient (Wildman–Crippen LogP) is 4.73. The fourth-order valence-corrected chi connectivity index (χ4v) is 9.75. The maximum absolute atomic E-state index is 14.6. The summed E-state index contributed by atoms with van der Waals surface area (Å²) in [5.41, 5.74) is 9.39. The Morgan fingerprint density at radius 3 is 2.36 bits per heavy atom. The summed E-state index contributed by atoms with van der Waals surface area (Å²) in [5.74, 6) is 0.0627. The summed E-state index contributed by atoms with van der Waals surface area (Å²) in [7, 11) is 2.17. The summed E-state index contributed by atoms with van der Waals surface area (Å²) in [6, 6.07) is 15.2. The number of carbonyl (C=O) groups is 3. The van der Waals surface area contributed by atoms with E-state index in [1.54, 1.807) is 0 Å². The molecule has 3 heterocycles. The van der Waals surface area contributed by atoms with Crippen LogP contribution in [-0.2, 0) is 27.2 Å². The Labute approximate surface area is 284 Å². The van der Waals surface area contributed by atoms with Gasteiger partial charge < -0.3 is 20.9 Å². The second-order valence-electron chi connectivity index (χ2n) is 15.0. The molecule has 3 aliphatic heterocycles. The summed E-state index contributed by atoms with van der Waals surface area (Å²) in [6.45, 7) is 2.86. The quantitative estimate of drug-likeness (QED) is 0.448. The number of hydrogen-bond donors (Lipinski definition) is 2. The van der Waals surface area contributed by atoms with Crippen molar-refractivity contribution in [1.29, 1.82) is 0 Å². The van der Waals surface area contributed by atoms with Crippen LogP contribution in [0.15, 0.2) is 48.5 Å². The van der Waals surface area contributed by atoms with Crippen LogP contribution in [0.2, 0.25) is 5.02 Å². The average Bonchev–Trinajstić information content (AvgIpc) is 3.69. The molecule has 2 aromatic rings. The number of nitrogens with one attached hydrogen (secondary N) is 1. The normalized spacial score (nSPS) is 28.1. The Kier molecular flexibility index (Phi) is 9.38. The number of nitrogens with two attached hydrogens (primary N) is 1. The van der Waals surface area contributed by atoms with Gasteiger partial charge in [-0.05, 0) is 86.7 Å². The van der Waals surface area contributed by atoms with E-state index < -0.39 is 23.4 Å². The van der Waals surface area contributed by atoms with Gasteiger partial charge in [0.2, 0.25) is 17.7 Å². The molecule has 2 aromatic carbocycles. The van der Waals surface area contributed by atoms with Crippen molar-refractivity contribution in [2.45, 2.75) is 94.8 Å². The van der Waals surface area contributed by atoms with E-state index in [4.69, 9.17) is 17.3 Å². The minimum atomic E-state index is -0.726. The van der Waals surface area contributed by atoms with E-state index in [1.165, 1.54) is 24.8 Å².